The number of fused-ring (bicyclic) bond motifs is 1. The Morgan fingerprint density at radius 3 is 2.95 bits per heavy atom. The van der Waals surface area contributed by atoms with Crippen molar-refractivity contribution < 1.29 is 4.39 Å². The van der Waals surface area contributed by atoms with E-state index in [1.165, 1.54) is 22.9 Å². The second-order valence-corrected chi connectivity index (χ2v) is 5.27. The Morgan fingerprint density at radius 1 is 1.21 bits per heavy atom. The van der Waals surface area contributed by atoms with Gasteiger partial charge in [-0.05, 0) is 60.6 Å². The van der Waals surface area contributed by atoms with Gasteiger partial charge in [-0.2, -0.15) is 0 Å². The van der Waals surface area contributed by atoms with E-state index in [9.17, 15) is 4.39 Å². The van der Waals surface area contributed by atoms with Crippen molar-refractivity contribution in [1.29, 1.82) is 0 Å². The molecule has 0 spiro atoms. The third-order valence-electron chi connectivity index (χ3n) is 3.99. The van der Waals surface area contributed by atoms with Crippen LogP contribution in [0.2, 0.25) is 0 Å². The number of anilines is 1. The van der Waals surface area contributed by atoms with Crippen LogP contribution < -0.4 is 5.32 Å². The van der Waals surface area contributed by atoms with Crippen LogP contribution in [0.25, 0.3) is 0 Å². The third kappa shape index (κ3) is 2.48. The lowest BCUT2D eigenvalue weighted by Gasteiger charge is -2.27. The summed E-state index contributed by atoms with van der Waals surface area (Å²) in [5, 5.41) is 3.43. The lowest BCUT2D eigenvalue weighted by Crippen LogP contribution is -2.18. The molecule has 0 saturated carbocycles. The topological polar surface area (TPSA) is 12.0 Å². The van der Waals surface area contributed by atoms with Crippen molar-refractivity contribution >= 4 is 5.69 Å². The minimum atomic E-state index is -0.136. The van der Waals surface area contributed by atoms with Crippen molar-refractivity contribution in [2.45, 2.75) is 25.7 Å². The van der Waals surface area contributed by atoms with Gasteiger partial charge in [0.15, 0.2) is 0 Å². The van der Waals surface area contributed by atoms with Crippen LogP contribution in [0.3, 0.4) is 0 Å². The lowest BCUT2D eigenvalue weighted by molar-refractivity contribution is 0.604. The molecule has 0 aromatic heterocycles. The highest BCUT2D eigenvalue weighted by Gasteiger charge is 2.20. The standard InChI is InChI=1S/C17H18FN/c1-12-6-7-15(18)11-14(12)10-13-8-9-19-17-5-3-2-4-16(13)17/h2-7,11,13,19H,8-10H2,1H3. The first-order valence-electron chi connectivity index (χ1n) is 6.82. The Hall–Kier alpha value is -1.83. The fourth-order valence-corrected chi connectivity index (χ4v) is 2.89. The molecule has 0 amide bonds. The quantitative estimate of drug-likeness (QED) is 0.844. The molecule has 1 aliphatic rings. The summed E-state index contributed by atoms with van der Waals surface area (Å²) in [5.74, 6) is 0.348. The van der Waals surface area contributed by atoms with Gasteiger partial charge < -0.3 is 5.32 Å². The maximum absolute atomic E-state index is 13.4. The van der Waals surface area contributed by atoms with Gasteiger partial charge in [-0.15, -0.1) is 0 Å². The number of halogens is 1. The number of benzene rings is 2. The Bertz CT molecular complexity index is 592. The lowest BCUT2D eigenvalue weighted by atomic mass is 9.85. The van der Waals surface area contributed by atoms with Crippen LogP contribution in [0.4, 0.5) is 10.1 Å². The summed E-state index contributed by atoms with van der Waals surface area (Å²) in [4.78, 5) is 0. The Balaban J connectivity index is 1.90. The molecule has 0 saturated heterocycles. The number of nitrogens with one attached hydrogen (secondary N) is 1. The van der Waals surface area contributed by atoms with E-state index in [4.69, 9.17) is 0 Å². The zero-order valence-corrected chi connectivity index (χ0v) is 11.1. The van der Waals surface area contributed by atoms with E-state index in [1.807, 2.05) is 6.07 Å². The monoisotopic (exact) mass is 255 g/mol. The highest BCUT2D eigenvalue weighted by molar-refractivity contribution is 5.55. The molecule has 1 atom stereocenters. The van der Waals surface area contributed by atoms with Gasteiger partial charge in [0.05, 0.1) is 0 Å². The van der Waals surface area contributed by atoms with Crippen LogP contribution in [0.5, 0.6) is 0 Å². The molecule has 2 aromatic rings. The van der Waals surface area contributed by atoms with Gasteiger partial charge in [0.2, 0.25) is 0 Å². The first-order chi connectivity index (χ1) is 9.24. The molecule has 1 unspecified atom stereocenters. The van der Waals surface area contributed by atoms with Gasteiger partial charge in [-0.1, -0.05) is 24.3 Å². The van der Waals surface area contributed by atoms with E-state index in [1.54, 1.807) is 6.07 Å². The molecule has 0 fully saturated rings. The van der Waals surface area contributed by atoms with Crippen LogP contribution in [0.1, 0.15) is 29.0 Å². The molecule has 2 heteroatoms. The molecule has 19 heavy (non-hydrogen) atoms. The average Bonchev–Trinajstić information content (AvgIpc) is 2.43. The maximum atomic E-state index is 13.4. The van der Waals surface area contributed by atoms with Gasteiger partial charge in [-0.25, -0.2) is 4.39 Å². The highest BCUT2D eigenvalue weighted by Crippen LogP contribution is 2.34. The fraction of sp³-hybridized carbons (Fsp3) is 0.294. The predicted molar refractivity (Wildman–Crippen MR) is 77.1 cm³/mol. The van der Waals surface area contributed by atoms with Crippen molar-refractivity contribution in [3.63, 3.8) is 0 Å². The first kappa shape index (κ1) is 12.2. The first-order valence-corrected chi connectivity index (χ1v) is 6.82. The van der Waals surface area contributed by atoms with Crippen LogP contribution in [0.15, 0.2) is 42.5 Å². The molecule has 1 N–H and O–H groups in total. The van der Waals surface area contributed by atoms with E-state index in [-0.39, 0.29) is 5.82 Å². The van der Waals surface area contributed by atoms with Crippen LogP contribution >= 0.6 is 0 Å². The Kier molecular flexibility index (Phi) is 3.24. The number of para-hydroxylation sites is 1. The van der Waals surface area contributed by atoms with Crippen molar-refractivity contribution in [3.05, 3.63) is 65.0 Å². The van der Waals surface area contributed by atoms with Gasteiger partial charge >= 0.3 is 0 Å². The van der Waals surface area contributed by atoms with E-state index in [0.29, 0.717) is 5.92 Å². The largest absolute Gasteiger partial charge is 0.385 e. The molecule has 2 aromatic carbocycles. The number of hydrogen-bond donors (Lipinski definition) is 1. The summed E-state index contributed by atoms with van der Waals surface area (Å²) < 4.78 is 13.4. The summed E-state index contributed by atoms with van der Waals surface area (Å²) in [5.41, 5.74) is 4.89. The zero-order valence-electron chi connectivity index (χ0n) is 11.1. The smallest absolute Gasteiger partial charge is 0.123 e. The van der Waals surface area contributed by atoms with Gasteiger partial charge in [0, 0.05) is 12.2 Å². The molecule has 1 aliphatic heterocycles. The van der Waals surface area contributed by atoms with Crippen molar-refractivity contribution in [3.8, 4) is 0 Å². The number of aryl methyl sites for hydroxylation is 1. The summed E-state index contributed by atoms with van der Waals surface area (Å²) in [6.45, 7) is 3.05. The van der Waals surface area contributed by atoms with Gasteiger partial charge in [-0.3, -0.25) is 0 Å². The molecule has 0 aliphatic carbocycles. The Morgan fingerprint density at radius 2 is 2.05 bits per heavy atom. The molecular formula is C17H18FN. The van der Waals surface area contributed by atoms with Crippen molar-refractivity contribution in [2.75, 3.05) is 11.9 Å². The minimum absolute atomic E-state index is 0.136. The SMILES string of the molecule is Cc1ccc(F)cc1CC1CCNc2ccccc21. The summed E-state index contributed by atoms with van der Waals surface area (Å²) >= 11 is 0. The van der Waals surface area contributed by atoms with Crippen LogP contribution in [-0.2, 0) is 6.42 Å². The summed E-state index contributed by atoms with van der Waals surface area (Å²) in [6, 6.07) is 13.5. The number of hydrogen-bond acceptors (Lipinski definition) is 1. The summed E-state index contributed by atoms with van der Waals surface area (Å²) in [6.07, 6.45) is 2.02. The van der Waals surface area contributed by atoms with E-state index in [2.05, 4.69) is 36.5 Å². The molecule has 1 heterocycles. The molecular weight excluding hydrogens is 237 g/mol. The fourth-order valence-electron chi connectivity index (χ4n) is 2.89. The third-order valence-corrected chi connectivity index (χ3v) is 3.99. The predicted octanol–water partition coefficient (Wildman–Crippen LogP) is 4.28. The van der Waals surface area contributed by atoms with E-state index >= 15 is 0 Å². The Labute approximate surface area is 113 Å². The van der Waals surface area contributed by atoms with Crippen molar-refractivity contribution in [2.24, 2.45) is 0 Å². The van der Waals surface area contributed by atoms with Gasteiger partial charge in [0.25, 0.3) is 0 Å². The molecule has 1 nitrogen and oxygen atoms in total. The molecule has 0 radical (unpaired) electrons. The molecule has 0 bridgehead atoms. The normalized spacial score (nSPS) is 17.7. The average molecular weight is 255 g/mol. The second-order valence-electron chi connectivity index (χ2n) is 5.27. The maximum Gasteiger partial charge on any atom is 0.123 e. The molecule has 98 valence electrons. The van der Waals surface area contributed by atoms with Crippen LogP contribution in [0, 0.1) is 12.7 Å². The number of rotatable bonds is 2. The van der Waals surface area contributed by atoms with Crippen molar-refractivity contribution in [1.82, 2.24) is 0 Å². The summed E-state index contributed by atoms with van der Waals surface area (Å²) in [7, 11) is 0. The molecule has 3 rings (SSSR count). The van der Waals surface area contributed by atoms with Crippen LogP contribution in [-0.4, -0.2) is 6.54 Å². The minimum Gasteiger partial charge on any atom is -0.385 e. The van der Waals surface area contributed by atoms with E-state index < -0.39 is 0 Å². The van der Waals surface area contributed by atoms with E-state index in [0.717, 1.165) is 24.9 Å². The highest BCUT2D eigenvalue weighted by atomic mass is 19.1. The van der Waals surface area contributed by atoms with Gasteiger partial charge in [0.1, 0.15) is 5.82 Å². The second kappa shape index (κ2) is 5.04. The zero-order chi connectivity index (χ0) is 13.2.